The van der Waals surface area contributed by atoms with Crippen molar-refractivity contribution in [2.24, 2.45) is 0 Å². The van der Waals surface area contributed by atoms with E-state index in [1.165, 1.54) is 34.8 Å². The molecule has 0 aliphatic rings. The van der Waals surface area contributed by atoms with Gasteiger partial charge in [-0.15, -0.1) is 10.2 Å². The van der Waals surface area contributed by atoms with Crippen LogP contribution in [-0.2, 0) is 17.6 Å². The van der Waals surface area contributed by atoms with Gasteiger partial charge in [0.05, 0.1) is 12.9 Å². The molecule has 0 fully saturated rings. The number of aryl methyl sites for hydroxylation is 1. The summed E-state index contributed by atoms with van der Waals surface area (Å²) in [4.78, 5) is 12.3. The number of benzene rings is 2. The molecule has 0 aliphatic carbocycles. The van der Waals surface area contributed by atoms with Crippen LogP contribution in [0.4, 0.5) is 5.69 Å². The van der Waals surface area contributed by atoms with Crippen LogP contribution in [0.5, 0.6) is 5.75 Å². The van der Waals surface area contributed by atoms with Gasteiger partial charge in [-0.2, -0.15) is 0 Å². The van der Waals surface area contributed by atoms with E-state index < -0.39 is 0 Å². The smallest absolute Gasteiger partial charge is 0.234 e. The fourth-order valence-electron chi connectivity index (χ4n) is 2.91. The van der Waals surface area contributed by atoms with Crippen LogP contribution >= 0.6 is 11.8 Å². The zero-order chi connectivity index (χ0) is 21.3. The van der Waals surface area contributed by atoms with Crippen molar-refractivity contribution in [2.45, 2.75) is 37.8 Å². The van der Waals surface area contributed by atoms with Crippen molar-refractivity contribution in [3.63, 3.8) is 0 Å². The average Bonchev–Trinajstić information content (AvgIpc) is 3.11. The molecule has 0 bridgehead atoms. The molecule has 1 heterocycles. The molecule has 30 heavy (non-hydrogen) atoms. The molecule has 0 saturated carbocycles. The molecule has 0 radical (unpaired) electrons. The van der Waals surface area contributed by atoms with E-state index in [4.69, 9.17) is 10.6 Å². The maximum Gasteiger partial charge on any atom is 0.234 e. The number of thioether (sulfide) groups is 1. The number of rotatable bonds is 10. The first-order valence-electron chi connectivity index (χ1n) is 9.93. The van der Waals surface area contributed by atoms with Crippen molar-refractivity contribution in [1.29, 1.82) is 0 Å². The summed E-state index contributed by atoms with van der Waals surface area (Å²) in [5.74, 6) is 7.64. The Hall–Kier alpha value is -3.00. The number of anilines is 1. The molecular weight excluding hydrogens is 398 g/mol. The molecule has 7 nitrogen and oxygen atoms in total. The topological polar surface area (TPSA) is 95.1 Å². The maximum absolute atomic E-state index is 12.3. The molecule has 3 rings (SSSR count). The van der Waals surface area contributed by atoms with Crippen LogP contribution in [0.3, 0.4) is 0 Å². The monoisotopic (exact) mass is 425 g/mol. The number of methoxy groups -OCH3 is 1. The number of amides is 1. The van der Waals surface area contributed by atoms with E-state index in [1.807, 2.05) is 36.4 Å². The van der Waals surface area contributed by atoms with E-state index >= 15 is 0 Å². The quantitative estimate of drug-likeness (QED) is 0.380. The van der Waals surface area contributed by atoms with E-state index in [0.717, 1.165) is 23.4 Å². The van der Waals surface area contributed by atoms with Gasteiger partial charge >= 0.3 is 0 Å². The molecule has 1 amide bonds. The van der Waals surface area contributed by atoms with Gasteiger partial charge in [0.1, 0.15) is 5.75 Å². The van der Waals surface area contributed by atoms with Crippen LogP contribution in [0.2, 0.25) is 0 Å². The van der Waals surface area contributed by atoms with Gasteiger partial charge in [0.15, 0.2) is 5.82 Å². The number of carbonyl (C=O) groups excluding carboxylic acids is 1. The van der Waals surface area contributed by atoms with Gasteiger partial charge in [0.2, 0.25) is 11.1 Å². The van der Waals surface area contributed by atoms with Crippen molar-refractivity contribution < 1.29 is 9.53 Å². The number of nitrogens with two attached hydrogens (primary N) is 1. The number of hydrogen-bond donors (Lipinski definition) is 2. The number of ether oxygens (including phenoxy) is 1. The standard InChI is InChI=1S/C22H27N5O2S/c1-3-4-5-16-6-10-18(11-7-16)24-21(28)15-30-22-26-25-20(27(22)23)14-17-8-12-19(29-2)13-9-17/h6-13H,3-5,14-15,23H2,1-2H3,(H,24,28). The summed E-state index contributed by atoms with van der Waals surface area (Å²) in [6.45, 7) is 2.18. The zero-order valence-electron chi connectivity index (χ0n) is 17.3. The number of nitrogen functional groups attached to an aromatic ring is 1. The average molecular weight is 426 g/mol. The molecule has 3 N–H and O–H groups in total. The Morgan fingerprint density at radius 2 is 1.80 bits per heavy atom. The first kappa shape index (κ1) is 21.7. The van der Waals surface area contributed by atoms with Crippen LogP contribution < -0.4 is 15.9 Å². The third-order valence-electron chi connectivity index (χ3n) is 4.65. The zero-order valence-corrected chi connectivity index (χ0v) is 18.1. The lowest BCUT2D eigenvalue weighted by molar-refractivity contribution is -0.113. The summed E-state index contributed by atoms with van der Waals surface area (Å²) in [6.07, 6.45) is 3.95. The molecule has 0 atom stereocenters. The largest absolute Gasteiger partial charge is 0.497 e. The molecule has 8 heteroatoms. The van der Waals surface area contributed by atoms with Crippen molar-refractivity contribution in [2.75, 3.05) is 24.0 Å². The predicted molar refractivity (Wildman–Crippen MR) is 120 cm³/mol. The van der Waals surface area contributed by atoms with E-state index in [2.05, 4.69) is 34.6 Å². The van der Waals surface area contributed by atoms with Gasteiger partial charge in [-0.25, -0.2) is 4.68 Å². The lowest BCUT2D eigenvalue weighted by atomic mass is 10.1. The van der Waals surface area contributed by atoms with Gasteiger partial charge in [-0.1, -0.05) is 49.4 Å². The Balaban J connectivity index is 1.51. The highest BCUT2D eigenvalue weighted by molar-refractivity contribution is 7.99. The second kappa shape index (κ2) is 10.7. The second-order valence-corrected chi connectivity index (χ2v) is 7.87. The SMILES string of the molecule is CCCCc1ccc(NC(=O)CSc2nnc(Cc3ccc(OC)cc3)n2N)cc1. The number of unbranched alkanes of at least 4 members (excludes halogenated alkanes) is 1. The molecule has 3 aromatic rings. The molecule has 0 spiro atoms. The first-order valence-corrected chi connectivity index (χ1v) is 10.9. The van der Waals surface area contributed by atoms with Crippen molar-refractivity contribution >= 4 is 23.4 Å². The molecule has 0 saturated heterocycles. The summed E-state index contributed by atoms with van der Waals surface area (Å²) < 4.78 is 6.60. The second-order valence-electron chi connectivity index (χ2n) is 6.93. The van der Waals surface area contributed by atoms with Crippen LogP contribution in [0.1, 0.15) is 36.7 Å². The van der Waals surface area contributed by atoms with Crippen LogP contribution in [0.25, 0.3) is 0 Å². The Morgan fingerprint density at radius 3 is 2.47 bits per heavy atom. The highest BCUT2D eigenvalue weighted by Crippen LogP contribution is 2.19. The van der Waals surface area contributed by atoms with E-state index in [1.54, 1.807) is 7.11 Å². The minimum absolute atomic E-state index is 0.110. The van der Waals surface area contributed by atoms with E-state index in [-0.39, 0.29) is 11.7 Å². The summed E-state index contributed by atoms with van der Waals surface area (Å²) >= 11 is 1.26. The van der Waals surface area contributed by atoms with Gasteiger partial charge in [-0.3, -0.25) is 4.79 Å². The minimum Gasteiger partial charge on any atom is -0.497 e. The Morgan fingerprint density at radius 1 is 1.10 bits per heavy atom. The molecule has 158 valence electrons. The summed E-state index contributed by atoms with van der Waals surface area (Å²) in [6, 6.07) is 15.7. The number of aromatic nitrogens is 3. The van der Waals surface area contributed by atoms with Gasteiger partial charge in [0.25, 0.3) is 0 Å². The van der Waals surface area contributed by atoms with Gasteiger partial charge < -0.3 is 15.9 Å². The lowest BCUT2D eigenvalue weighted by Gasteiger charge is -2.07. The van der Waals surface area contributed by atoms with Crippen LogP contribution in [-0.4, -0.2) is 33.6 Å². The Bertz CT molecular complexity index is 955. The molecular formula is C22H27N5O2S. The van der Waals surface area contributed by atoms with E-state index in [9.17, 15) is 4.79 Å². The molecule has 0 unspecified atom stereocenters. The Labute approximate surface area is 181 Å². The van der Waals surface area contributed by atoms with Crippen molar-refractivity contribution in [1.82, 2.24) is 14.9 Å². The maximum atomic E-state index is 12.3. The third kappa shape index (κ3) is 6.00. The van der Waals surface area contributed by atoms with Crippen LogP contribution in [0, 0.1) is 0 Å². The van der Waals surface area contributed by atoms with Crippen molar-refractivity contribution in [3.8, 4) is 5.75 Å². The lowest BCUT2D eigenvalue weighted by Crippen LogP contribution is -2.17. The number of hydrogen-bond acceptors (Lipinski definition) is 6. The highest BCUT2D eigenvalue weighted by Gasteiger charge is 2.13. The van der Waals surface area contributed by atoms with Gasteiger partial charge in [0, 0.05) is 12.1 Å². The predicted octanol–water partition coefficient (Wildman–Crippen LogP) is 3.66. The minimum atomic E-state index is -0.110. The fraction of sp³-hybridized carbons (Fsp3) is 0.318. The first-order chi connectivity index (χ1) is 14.6. The van der Waals surface area contributed by atoms with E-state index in [0.29, 0.717) is 17.4 Å². The molecule has 2 aromatic carbocycles. The number of nitrogens with zero attached hydrogens (tertiary/aromatic N) is 3. The summed E-state index contributed by atoms with van der Waals surface area (Å²) in [7, 11) is 1.63. The number of carbonyl (C=O) groups is 1. The number of nitrogens with one attached hydrogen (secondary N) is 1. The molecule has 0 aliphatic heterocycles. The van der Waals surface area contributed by atoms with Gasteiger partial charge in [-0.05, 0) is 48.2 Å². The van der Waals surface area contributed by atoms with Crippen molar-refractivity contribution in [3.05, 3.63) is 65.5 Å². The fourth-order valence-corrected chi connectivity index (χ4v) is 3.59. The third-order valence-corrected chi connectivity index (χ3v) is 5.59. The normalized spacial score (nSPS) is 10.7. The highest BCUT2D eigenvalue weighted by atomic mass is 32.2. The molecule has 1 aromatic heterocycles. The summed E-state index contributed by atoms with van der Waals surface area (Å²) in [5.41, 5.74) is 3.12. The van der Waals surface area contributed by atoms with Crippen LogP contribution in [0.15, 0.2) is 53.7 Å². The Kier molecular flexibility index (Phi) is 7.73. The summed E-state index contributed by atoms with van der Waals surface area (Å²) in [5, 5.41) is 11.7.